The second-order valence-corrected chi connectivity index (χ2v) is 6.10. The lowest BCUT2D eigenvalue weighted by atomic mass is 10.0. The molecule has 2 aromatic carbocycles. The molecule has 0 bridgehead atoms. The van der Waals surface area contributed by atoms with Crippen LogP contribution in [0.1, 0.15) is 42.4 Å². The summed E-state index contributed by atoms with van der Waals surface area (Å²) in [6, 6.07) is 17.3. The van der Waals surface area contributed by atoms with E-state index < -0.39 is 0 Å². The molecule has 21 heavy (non-hydrogen) atoms. The molecule has 3 rings (SSSR count). The molecule has 0 amide bonds. The van der Waals surface area contributed by atoms with Crippen molar-refractivity contribution in [1.29, 1.82) is 0 Å². The first-order chi connectivity index (χ1) is 10.3. The molecule has 0 spiro atoms. The van der Waals surface area contributed by atoms with Crippen molar-refractivity contribution in [3.05, 3.63) is 65.2 Å². The molecule has 110 valence electrons. The van der Waals surface area contributed by atoms with Gasteiger partial charge in [-0.3, -0.25) is 0 Å². The van der Waals surface area contributed by atoms with Crippen molar-refractivity contribution in [2.45, 2.75) is 51.6 Å². The normalized spacial score (nSPS) is 15.3. The maximum Gasteiger partial charge on any atom is 0.119 e. The molecule has 0 heterocycles. The van der Waals surface area contributed by atoms with Crippen LogP contribution in [0.15, 0.2) is 48.5 Å². The van der Waals surface area contributed by atoms with E-state index >= 15 is 0 Å². The van der Waals surface area contributed by atoms with Crippen LogP contribution in [0.2, 0.25) is 0 Å². The van der Waals surface area contributed by atoms with Gasteiger partial charge in [-0.2, -0.15) is 0 Å². The molecule has 1 nitrogen and oxygen atoms in total. The Kier molecular flexibility index (Phi) is 4.59. The van der Waals surface area contributed by atoms with Gasteiger partial charge in [0.1, 0.15) is 5.75 Å². The number of hydrogen-bond acceptors (Lipinski definition) is 1. The smallest absolute Gasteiger partial charge is 0.119 e. The van der Waals surface area contributed by atoms with Gasteiger partial charge < -0.3 is 4.74 Å². The Morgan fingerprint density at radius 1 is 0.952 bits per heavy atom. The van der Waals surface area contributed by atoms with E-state index in [-0.39, 0.29) is 0 Å². The first-order valence-corrected chi connectivity index (χ1v) is 8.11. The fourth-order valence-electron chi connectivity index (χ4n) is 3.14. The van der Waals surface area contributed by atoms with Crippen LogP contribution in [0.4, 0.5) is 0 Å². The lowest BCUT2D eigenvalue weighted by molar-refractivity contribution is 0.210. The van der Waals surface area contributed by atoms with Crippen molar-refractivity contribution >= 4 is 0 Å². The van der Waals surface area contributed by atoms with Gasteiger partial charge in [-0.1, -0.05) is 36.4 Å². The molecule has 1 fully saturated rings. The van der Waals surface area contributed by atoms with E-state index in [1.807, 2.05) is 0 Å². The quantitative estimate of drug-likeness (QED) is 0.740. The van der Waals surface area contributed by atoms with E-state index in [1.165, 1.54) is 42.4 Å². The minimum atomic E-state index is 0.444. The second-order valence-electron chi connectivity index (χ2n) is 6.10. The Hall–Kier alpha value is -1.76. The molecule has 0 N–H and O–H groups in total. The topological polar surface area (TPSA) is 9.23 Å². The Morgan fingerprint density at radius 2 is 1.71 bits per heavy atom. The van der Waals surface area contributed by atoms with Crippen molar-refractivity contribution < 1.29 is 4.74 Å². The first kappa shape index (κ1) is 14.2. The summed E-state index contributed by atoms with van der Waals surface area (Å²) >= 11 is 0. The van der Waals surface area contributed by atoms with E-state index in [2.05, 4.69) is 55.5 Å². The van der Waals surface area contributed by atoms with Crippen LogP contribution >= 0.6 is 0 Å². The summed E-state index contributed by atoms with van der Waals surface area (Å²) in [5, 5.41) is 0. The van der Waals surface area contributed by atoms with Gasteiger partial charge in [0.25, 0.3) is 0 Å². The molecular formula is C20H24O. The zero-order valence-corrected chi connectivity index (χ0v) is 12.8. The van der Waals surface area contributed by atoms with Crippen LogP contribution in [0.5, 0.6) is 5.75 Å². The number of benzene rings is 2. The third-order valence-corrected chi connectivity index (χ3v) is 4.44. The van der Waals surface area contributed by atoms with Crippen molar-refractivity contribution in [1.82, 2.24) is 0 Å². The summed E-state index contributed by atoms with van der Waals surface area (Å²) in [4.78, 5) is 0. The SMILES string of the molecule is Cc1cc(OC2CCCC2)ccc1CCc1ccccc1. The number of ether oxygens (including phenoxy) is 1. The maximum absolute atomic E-state index is 6.07. The predicted molar refractivity (Wildman–Crippen MR) is 87.9 cm³/mol. The Morgan fingerprint density at radius 3 is 2.43 bits per heavy atom. The van der Waals surface area contributed by atoms with Crippen LogP contribution < -0.4 is 4.74 Å². The molecule has 1 aliphatic carbocycles. The molecule has 2 aromatic rings. The Balaban J connectivity index is 1.61. The molecule has 0 unspecified atom stereocenters. The van der Waals surface area contributed by atoms with Crippen LogP contribution in [-0.4, -0.2) is 6.10 Å². The number of hydrogen-bond donors (Lipinski definition) is 0. The van der Waals surface area contributed by atoms with E-state index in [1.54, 1.807) is 0 Å². The summed E-state index contributed by atoms with van der Waals surface area (Å²) in [7, 11) is 0. The van der Waals surface area contributed by atoms with Gasteiger partial charge in [0, 0.05) is 0 Å². The fourth-order valence-corrected chi connectivity index (χ4v) is 3.14. The van der Waals surface area contributed by atoms with Crippen LogP contribution in [0.25, 0.3) is 0 Å². The minimum absolute atomic E-state index is 0.444. The predicted octanol–water partition coefficient (Wildman–Crippen LogP) is 5.10. The summed E-state index contributed by atoms with van der Waals surface area (Å²) < 4.78 is 6.07. The lowest BCUT2D eigenvalue weighted by Crippen LogP contribution is -2.11. The van der Waals surface area contributed by atoms with Gasteiger partial charge in [-0.05, 0) is 74.3 Å². The van der Waals surface area contributed by atoms with Crippen molar-refractivity contribution in [3.8, 4) is 5.75 Å². The van der Waals surface area contributed by atoms with Gasteiger partial charge >= 0.3 is 0 Å². The first-order valence-electron chi connectivity index (χ1n) is 8.11. The van der Waals surface area contributed by atoms with Crippen molar-refractivity contribution in [2.24, 2.45) is 0 Å². The average Bonchev–Trinajstić information content (AvgIpc) is 3.00. The average molecular weight is 280 g/mol. The number of rotatable bonds is 5. The van der Waals surface area contributed by atoms with E-state index in [9.17, 15) is 0 Å². The molecule has 0 aromatic heterocycles. The van der Waals surface area contributed by atoms with E-state index in [4.69, 9.17) is 4.74 Å². The van der Waals surface area contributed by atoms with E-state index in [0.29, 0.717) is 6.10 Å². The summed E-state index contributed by atoms with van der Waals surface area (Å²) in [6.45, 7) is 2.20. The maximum atomic E-state index is 6.07. The second kappa shape index (κ2) is 6.80. The fraction of sp³-hybridized carbons (Fsp3) is 0.400. The van der Waals surface area contributed by atoms with E-state index in [0.717, 1.165) is 18.6 Å². The highest BCUT2D eigenvalue weighted by Crippen LogP contribution is 2.26. The highest BCUT2D eigenvalue weighted by molar-refractivity contribution is 5.35. The Labute approximate surface area is 128 Å². The van der Waals surface area contributed by atoms with Gasteiger partial charge in [0.15, 0.2) is 0 Å². The minimum Gasteiger partial charge on any atom is -0.490 e. The van der Waals surface area contributed by atoms with Gasteiger partial charge in [0.05, 0.1) is 6.10 Å². The monoisotopic (exact) mass is 280 g/mol. The Bertz CT molecular complexity index is 568. The third-order valence-electron chi connectivity index (χ3n) is 4.44. The molecule has 1 heteroatoms. The van der Waals surface area contributed by atoms with Crippen LogP contribution in [0.3, 0.4) is 0 Å². The molecular weight excluding hydrogens is 256 g/mol. The highest BCUT2D eigenvalue weighted by atomic mass is 16.5. The zero-order chi connectivity index (χ0) is 14.5. The summed E-state index contributed by atoms with van der Waals surface area (Å²) in [6.07, 6.45) is 7.71. The van der Waals surface area contributed by atoms with Gasteiger partial charge in [-0.25, -0.2) is 0 Å². The molecule has 1 aliphatic rings. The highest BCUT2D eigenvalue weighted by Gasteiger charge is 2.16. The number of aryl methyl sites for hydroxylation is 3. The zero-order valence-electron chi connectivity index (χ0n) is 12.8. The molecule has 0 aliphatic heterocycles. The molecule has 0 saturated heterocycles. The van der Waals surface area contributed by atoms with Crippen molar-refractivity contribution in [2.75, 3.05) is 0 Å². The van der Waals surface area contributed by atoms with Gasteiger partial charge in [-0.15, -0.1) is 0 Å². The van der Waals surface area contributed by atoms with Gasteiger partial charge in [0.2, 0.25) is 0 Å². The van der Waals surface area contributed by atoms with Crippen LogP contribution in [0, 0.1) is 6.92 Å². The molecule has 0 atom stereocenters. The van der Waals surface area contributed by atoms with Crippen molar-refractivity contribution in [3.63, 3.8) is 0 Å². The molecule has 0 radical (unpaired) electrons. The largest absolute Gasteiger partial charge is 0.490 e. The summed E-state index contributed by atoms with van der Waals surface area (Å²) in [5.41, 5.74) is 4.18. The molecule has 1 saturated carbocycles. The summed E-state index contributed by atoms with van der Waals surface area (Å²) in [5.74, 6) is 1.04. The lowest BCUT2D eigenvalue weighted by Gasteiger charge is -2.15. The third kappa shape index (κ3) is 3.87. The standard InChI is InChI=1S/C20H24O/c1-16-15-20(21-19-9-5-6-10-19)14-13-18(16)12-11-17-7-3-2-4-8-17/h2-4,7-8,13-15,19H,5-6,9-12H2,1H3. The van der Waals surface area contributed by atoms with Crippen LogP contribution in [-0.2, 0) is 12.8 Å².